The van der Waals surface area contributed by atoms with Crippen molar-refractivity contribution in [3.8, 4) is 0 Å². The largest absolute Gasteiger partial charge is 0.361 e. The molecule has 0 aliphatic rings. The predicted molar refractivity (Wildman–Crippen MR) is 69.6 cm³/mol. The maximum Gasteiger partial charge on any atom is 0.0456 e. The van der Waals surface area contributed by atoms with Crippen molar-refractivity contribution < 1.29 is 0 Å². The van der Waals surface area contributed by atoms with Crippen LogP contribution in [0.5, 0.6) is 0 Å². The normalized spacial score (nSPS) is 12.2. The Morgan fingerprint density at radius 1 is 1.31 bits per heavy atom. The molecule has 0 radical (unpaired) electrons. The van der Waals surface area contributed by atoms with E-state index in [1.165, 1.54) is 22.0 Å². The third-order valence-electron chi connectivity index (χ3n) is 3.19. The number of rotatable bonds is 3. The number of nitrogens with two attached hydrogens (primary N) is 1. The van der Waals surface area contributed by atoms with Crippen molar-refractivity contribution in [3.05, 3.63) is 35.5 Å². The molecule has 0 bridgehead atoms. The van der Waals surface area contributed by atoms with E-state index in [-0.39, 0.29) is 5.41 Å². The van der Waals surface area contributed by atoms with Crippen molar-refractivity contribution in [2.24, 2.45) is 11.1 Å². The molecule has 3 N–H and O–H groups in total. The molecule has 1 aromatic carbocycles. The molecule has 2 heteroatoms. The fourth-order valence-electron chi connectivity index (χ4n) is 2.04. The van der Waals surface area contributed by atoms with Gasteiger partial charge in [0.2, 0.25) is 0 Å². The molecule has 0 amide bonds. The molecule has 86 valence electrons. The Balaban J connectivity index is 2.35. The standard InChI is InChI=1S/C14H20N2/c1-10-8-16-13-5-4-11(6-12(10)13)7-14(2,3)9-15/h4-6,8,16H,7,9,15H2,1-3H3. The fraction of sp³-hybridized carbons (Fsp3) is 0.429. The van der Waals surface area contributed by atoms with Gasteiger partial charge in [0, 0.05) is 17.1 Å². The Hall–Kier alpha value is -1.28. The smallest absolute Gasteiger partial charge is 0.0456 e. The molecule has 1 heterocycles. The average molecular weight is 216 g/mol. The molecule has 0 fully saturated rings. The first-order valence-electron chi connectivity index (χ1n) is 5.78. The van der Waals surface area contributed by atoms with E-state index in [1.54, 1.807) is 0 Å². The van der Waals surface area contributed by atoms with Gasteiger partial charge in [-0.3, -0.25) is 0 Å². The monoisotopic (exact) mass is 216 g/mol. The van der Waals surface area contributed by atoms with Crippen molar-refractivity contribution in [3.63, 3.8) is 0 Å². The molecular weight excluding hydrogens is 196 g/mol. The Kier molecular flexibility index (Phi) is 2.76. The first-order valence-corrected chi connectivity index (χ1v) is 5.78. The number of benzene rings is 1. The van der Waals surface area contributed by atoms with Gasteiger partial charge in [0.05, 0.1) is 0 Å². The predicted octanol–water partition coefficient (Wildman–Crippen LogP) is 3.00. The molecule has 0 aliphatic heterocycles. The first kappa shape index (κ1) is 11.2. The van der Waals surface area contributed by atoms with Crippen LogP contribution in [0.1, 0.15) is 25.0 Å². The highest BCUT2D eigenvalue weighted by molar-refractivity contribution is 5.83. The second-order valence-electron chi connectivity index (χ2n) is 5.40. The molecule has 1 aromatic heterocycles. The minimum Gasteiger partial charge on any atom is -0.361 e. The summed E-state index contributed by atoms with van der Waals surface area (Å²) in [5.74, 6) is 0. The van der Waals surface area contributed by atoms with Crippen molar-refractivity contribution in [1.82, 2.24) is 4.98 Å². The second kappa shape index (κ2) is 3.95. The second-order valence-corrected chi connectivity index (χ2v) is 5.40. The number of hydrogen-bond acceptors (Lipinski definition) is 1. The van der Waals surface area contributed by atoms with Gasteiger partial charge in [-0.05, 0) is 48.6 Å². The van der Waals surface area contributed by atoms with Crippen LogP contribution < -0.4 is 5.73 Å². The van der Waals surface area contributed by atoms with E-state index in [2.05, 4.69) is 50.2 Å². The Labute approximate surface area is 96.9 Å². The summed E-state index contributed by atoms with van der Waals surface area (Å²) in [6.45, 7) is 7.27. The summed E-state index contributed by atoms with van der Waals surface area (Å²) in [4.78, 5) is 3.27. The molecule has 0 saturated heterocycles. The summed E-state index contributed by atoms with van der Waals surface area (Å²) in [5.41, 5.74) is 9.84. The number of nitrogens with one attached hydrogen (secondary N) is 1. The van der Waals surface area contributed by atoms with Gasteiger partial charge >= 0.3 is 0 Å². The maximum absolute atomic E-state index is 5.77. The summed E-state index contributed by atoms with van der Waals surface area (Å²) in [7, 11) is 0. The van der Waals surface area contributed by atoms with E-state index >= 15 is 0 Å². The van der Waals surface area contributed by atoms with Crippen molar-refractivity contribution in [2.75, 3.05) is 6.54 Å². The van der Waals surface area contributed by atoms with Crippen LogP contribution in [0.15, 0.2) is 24.4 Å². The van der Waals surface area contributed by atoms with E-state index in [0.717, 1.165) is 13.0 Å². The topological polar surface area (TPSA) is 41.8 Å². The van der Waals surface area contributed by atoms with Crippen LogP contribution in [0.4, 0.5) is 0 Å². The van der Waals surface area contributed by atoms with Gasteiger partial charge in [0.15, 0.2) is 0 Å². The summed E-state index contributed by atoms with van der Waals surface area (Å²) in [5, 5.41) is 1.32. The molecule has 2 aromatic rings. The van der Waals surface area contributed by atoms with Gasteiger partial charge in [-0.15, -0.1) is 0 Å². The van der Waals surface area contributed by atoms with E-state index in [4.69, 9.17) is 5.73 Å². The van der Waals surface area contributed by atoms with E-state index in [1.807, 2.05) is 0 Å². The lowest BCUT2D eigenvalue weighted by Crippen LogP contribution is -2.25. The number of H-pyrrole nitrogens is 1. The molecule has 0 saturated carbocycles. The number of aryl methyl sites for hydroxylation is 1. The van der Waals surface area contributed by atoms with E-state index in [9.17, 15) is 0 Å². The van der Waals surface area contributed by atoms with Gasteiger partial charge < -0.3 is 10.7 Å². The quantitative estimate of drug-likeness (QED) is 0.813. The third-order valence-corrected chi connectivity index (χ3v) is 3.19. The van der Waals surface area contributed by atoms with Gasteiger partial charge in [-0.2, -0.15) is 0 Å². The van der Waals surface area contributed by atoms with Gasteiger partial charge in [0.1, 0.15) is 0 Å². The molecule has 2 nitrogen and oxygen atoms in total. The molecule has 0 atom stereocenters. The summed E-state index contributed by atoms with van der Waals surface area (Å²) >= 11 is 0. The summed E-state index contributed by atoms with van der Waals surface area (Å²) in [6.07, 6.45) is 3.09. The Morgan fingerprint density at radius 3 is 2.75 bits per heavy atom. The lowest BCUT2D eigenvalue weighted by atomic mass is 9.85. The zero-order valence-corrected chi connectivity index (χ0v) is 10.3. The van der Waals surface area contributed by atoms with Crippen LogP contribution in [-0.4, -0.2) is 11.5 Å². The molecule has 0 aliphatic carbocycles. The van der Waals surface area contributed by atoms with Crippen LogP contribution in [-0.2, 0) is 6.42 Å². The van der Waals surface area contributed by atoms with E-state index < -0.39 is 0 Å². The number of aromatic amines is 1. The first-order chi connectivity index (χ1) is 7.52. The fourth-order valence-corrected chi connectivity index (χ4v) is 2.04. The minimum absolute atomic E-state index is 0.178. The van der Waals surface area contributed by atoms with E-state index in [0.29, 0.717) is 0 Å². The molecule has 2 rings (SSSR count). The molecule has 0 spiro atoms. The van der Waals surface area contributed by atoms with Gasteiger partial charge in [-0.1, -0.05) is 19.9 Å². The maximum atomic E-state index is 5.77. The van der Waals surface area contributed by atoms with Crippen LogP contribution in [0, 0.1) is 12.3 Å². The van der Waals surface area contributed by atoms with Crippen molar-refractivity contribution >= 4 is 10.9 Å². The van der Waals surface area contributed by atoms with Crippen molar-refractivity contribution in [2.45, 2.75) is 27.2 Å². The Bertz CT molecular complexity index is 494. The van der Waals surface area contributed by atoms with Crippen LogP contribution in [0.2, 0.25) is 0 Å². The minimum atomic E-state index is 0.178. The lowest BCUT2D eigenvalue weighted by molar-refractivity contribution is 0.377. The van der Waals surface area contributed by atoms with Crippen LogP contribution in [0.25, 0.3) is 10.9 Å². The molecular formula is C14H20N2. The summed E-state index contributed by atoms with van der Waals surface area (Å²) in [6, 6.07) is 6.62. The van der Waals surface area contributed by atoms with Gasteiger partial charge in [-0.25, -0.2) is 0 Å². The van der Waals surface area contributed by atoms with Crippen LogP contribution in [0.3, 0.4) is 0 Å². The SMILES string of the molecule is Cc1c[nH]c2ccc(CC(C)(C)CN)cc12. The molecule has 0 unspecified atom stereocenters. The Morgan fingerprint density at radius 2 is 2.06 bits per heavy atom. The number of fused-ring (bicyclic) bond motifs is 1. The van der Waals surface area contributed by atoms with Gasteiger partial charge in [0.25, 0.3) is 0 Å². The highest BCUT2D eigenvalue weighted by Crippen LogP contribution is 2.24. The third kappa shape index (κ3) is 2.12. The zero-order chi connectivity index (χ0) is 11.8. The van der Waals surface area contributed by atoms with Crippen molar-refractivity contribution in [1.29, 1.82) is 0 Å². The average Bonchev–Trinajstić information content (AvgIpc) is 2.60. The number of hydrogen-bond donors (Lipinski definition) is 2. The zero-order valence-electron chi connectivity index (χ0n) is 10.3. The number of aromatic nitrogens is 1. The molecule has 16 heavy (non-hydrogen) atoms. The highest BCUT2D eigenvalue weighted by Gasteiger charge is 2.16. The van der Waals surface area contributed by atoms with Crippen LogP contribution >= 0.6 is 0 Å². The highest BCUT2D eigenvalue weighted by atomic mass is 14.7. The summed E-state index contributed by atoms with van der Waals surface area (Å²) < 4.78 is 0. The lowest BCUT2D eigenvalue weighted by Gasteiger charge is -2.22.